The fourth-order valence-electron chi connectivity index (χ4n) is 3.94. The van der Waals surface area contributed by atoms with Crippen LogP contribution >= 0.6 is 0 Å². The van der Waals surface area contributed by atoms with Crippen LogP contribution in [-0.2, 0) is 10.0 Å². The summed E-state index contributed by atoms with van der Waals surface area (Å²) in [5.74, 6) is 2.23. The summed E-state index contributed by atoms with van der Waals surface area (Å²) in [5.41, 5.74) is 1.14. The van der Waals surface area contributed by atoms with Crippen LogP contribution in [0, 0.1) is 11.8 Å². The average Bonchev–Trinajstić information content (AvgIpc) is 3.00. The fraction of sp³-hybridized carbons (Fsp3) is 0.562. The van der Waals surface area contributed by atoms with Crippen LogP contribution in [0.25, 0.3) is 0 Å². The van der Waals surface area contributed by atoms with E-state index in [4.69, 9.17) is 0 Å². The van der Waals surface area contributed by atoms with E-state index in [0.29, 0.717) is 30.8 Å². The molecule has 9 heteroatoms. The van der Waals surface area contributed by atoms with Gasteiger partial charge in [-0.25, -0.2) is 18.4 Å². The SMILES string of the molecule is O=S(=O)(c1cnoc1)N1CC2CN(c3cc(C4CC4)ncn3)CC2C1. The number of anilines is 1. The Hall–Kier alpha value is -2.00. The molecule has 1 aliphatic carbocycles. The van der Waals surface area contributed by atoms with Crippen LogP contribution in [0.5, 0.6) is 0 Å². The van der Waals surface area contributed by atoms with Crippen molar-refractivity contribution in [3.8, 4) is 0 Å². The van der Waals surface area contributed by atoms with Crippen molar-refractivity contribution in [2.45, 2.75) is 23.7 Å². The van der Waals surface area contributed by atoms with E-state index in [2.05, 4.69) is 30.6 Å². The van der Waals surface area contributed by atoms with Crippen LogP contribution in [0.3, 0.4) is 0 Å². The number of hydrogen-bond acceptors (Lipinski definition) is 7. The maximum Gasteiger partial charge on any atom is 0.247 e. The van der Waals surface area contributed by atoms with Gasteiger partial charge in [-0.05, 0) is 24.7 Å². The average molecular weight is 361 g/mol. The second-order valence-electron chi connectivity index (χ2n) is 7.18. The number of aromatic nitrogens is 3. The minimum Gasteiger partial charge on any atom is -0.363 e. The molecule has 2 unspecified atom stereocenters. The van der Waals surface area contributed by atoms with Gasteiger partial charge >= 0.3 is 0 Å². The van der Waals surface area contributed by atoms with E-state index in [1.165, 1.54) is 25.3 Å². The number of hydrogen-bond donors (Lipinski definition) is 0. The first-order valence-electron chi connectivity index (χ1n) is 8.57. The Morgan fingerprint density at radius 1 is 1.08 bits per heavy atom. The molecule has 0 bridgehead atoms. The highest BCUT2D eigenvalue weighted by atomic mass is 32.2. The van der Waals surface area contributed by atoms with Gasteiger partial charge in [0.15, 0.2) is 0 Å². The Morgan fingerprint density at radius 3 is 2.48 bits per heavy atom. The number of rotatable bonds is 4. The molecule has 2 aliphatic heterocycles. The first kappa shape index (κ1) is 15.3. The second kappa shape index (κ2) is 5.50. The summed E-state index contributed by atoms with van der Waals surface area (Å²) in [4.78, 5) is 11.2. The van der Waals surface area contributed by atoms with Crippen LogP contribution in [0.15, 0.2) is 34.3 Å². The predicted molar refractivity (Wildman–Crippen MR) is 88.5 cm³/mol. The zero-order chi connectivity index (χ0) is 17.0. The quantitative estimate of drug-likeness (QED) is 0.805. The molecular formula is C16H19N5O3S. The number of nitrogens with zero attached hydrogens (tertiary/aromatic N) is 5. The van der Waals surface area contributed by atoms with Crippen molar-refractivity contribution in [2.24, 2.45) is 11.8 Å². The van der Waals surface area contributed by atoms with Gasteiger partial charge in [-0.2, -0.15) is 4.31 Å². The van der Waals surface area contributed by atoms with Crippen molar-refractivity contribution < 1.29 is 12.9 Å². The highest BCUT2D eigenvalue weighted by Gasteiger charge is 2.45. The smallest absolute Gasteiger partial charge is 0.247 e. The Balaban J connectivity index is 1.30. The van der Waals surface area contributed by atoms with Crippen molar-refractivity contribution >= 4 is 15.8 Å². The van der Waals surface area contributed by atoms with Crippen LogP contribution < -0.4 is 4.90 Å². The fourth-order valence-corrected chi connectivity index (χ4v) is 5.36. The molecule has 0 aromatic carbocycles. The molecule has 0 amide bonds. The lowest BCUT2D eigenvalue weighted by atomic mass is 10.0. The van der Waals surface area contributed by atoms with Crippen molar-refractivity contribution in [3.63, 3.8) is 0 Å². The zero-order valence-corrected chi connectivity index (χ0v) is 14.5. The molecule has 2 saturated heterocycles. The van der Waals surface area contributed by atoms with Crippen molar-refractivity contribution in [2.75, 3.05) is 31.1 Å². The normalized spacial score (nSPS) is 27.0. The molecule has 2 aromatic rings. The summed E-state index contributed by atoms with van der Waals surface area (Å²) < 4.78 is 31.4. The molecule has 132 valence electrons. The molecule has 3 fully saturated rings. The first-order valence-corrected chi connectivity index (χ1v) is 10.0. The van der Waals surface area contributed by atoms with E-state index in [1.807, 2.05) is 0 Å². The van der Waals surface area contributed by atoms with Crippen molar-refractivity contribution in [3.05, 3.63) is 30.5 Å². The predicted octanol–water partition coefficient (Wildman–Crippen LogP) is 1.10. The van der Waals surface area contributed by atoms with Gasteiger partial charge in [-0.1, -0.05) is 5.16 Å². The van der Waals surface area contributed by atoms with Gasteiger partial charge in [0.2, 0.25) is 10.0 Å². The Labute approximate surface area is 145 Å². The monoisotopic (exact) mass is 361 g/mol. The van der Waals surface area contributed by atoms with Gasteiger partial charge in [0, 0.05) is 43.9 Å². The highest BCUT2D eigenvalue weighted by molar-refractivity contribution is 7.89. The first-order chi connectivity index (χ1) is 12.1. The summed E-state index contributed by atoms with van der Waals surface area (Å²) in [5, 5.41) is 3.51. The number of fused-ring (bicyclic) bond motifs is 1. The molecule has 5 rings (SSSR count). The van der Waals surface area contributed by atoms with E-state index in [1.54, 1.807) is 10.6 Å². The summed E-state index contributed by atoms with van der Waals surface area (Å²) in [6, 6.07) is 2.10. The van der Waals surface area contributed by atoms with Gasteiger partial charge in [0.1, 0.15) is 23.3 Å². The van der Waals surface area contributed by atoms with E-state index in [-0.39, 0.29) is 4.90 Å². The molecule has 4 heterocycles. The van der Waals surface area contributed by atoms with Crippen LogP contribution in [0.4, 0.5) is 5.82 Å². The van der Waals surface area contributed by atoms with Crippen LogP contribution in [0.1, 0.15) is 24.5 Å². The Kier molecular flexibility index (Phi) is 3.36. The summed E-state index contributed by atoms with van der Waals surface area (Å²) in [7, 11) is -3.50. The largest absolute Gasteiger partial charge is 0.363 e. The summed E-state index contributed by atoms with van der Waals surface area (Å²) in [6.45, 7) is 2.74. The molecule has 25 heavy (non-hydrogen) atoms. The van der Waals surface area contributed by atoms with Crippen molar-refractivity contribution in [1.29, 1.82) is 0 Å². The molecular weight excluding hydrogens is 342 g/mol. The maximum absolute atomic E-state index is 12.6. The van der Waals surface area contributed by atoms with Crippen LogP contribution in [-0.4, -0.2) is 54.0 Å². The number of sulfonamides is 1. The minimum absolute atomic E-state index is 0.134. The second-order valence-corrected chi connectivity index (χ2v) is 9.12. The molecule has 2 atom stereocenters. The van der Waals surface area contributed by atoms with Gasteiger partial charge < -0.3 is 9.42 Å². The van der Waals surface area contributed by atoms with Gasteiger partial charge in [-0.15, -0.1) is 0 Å². The molecule has 0 radical (unpaired) electrons. The molecule has 2 aromatic heterocycles. The third-order valence-corrected chi connectivity index (χ3v) is 7.27. The maximum atomic E-state index is 12.6. The van der Waals surface area contributed by atoms with Crippen LogP contribution in [0.2, 0.25) is 0 Å². The van der Waals surface area contributed by atoms with Gasteiger partial charge in [0.25, 0.3) is 0 Å². The minimum atomic E-state index is -3.50. The lowest BCUT2D eigenvalue weighted by molar-refractivity contribution is 0.415. The van der Waals surface area contributed by atoms with Gasteiger partial charge in [-0.3, -0.25) is 0 Å². The Morgan fingerprint density at radius 2 is 1.84 bits per heavy atom. The van der Waals surface area contributed by atoms with Gasteiger partial charge in [0.05, 0.1) is 6.20 Å². The molecule has 3 aliphatic rings. The van der Waals surface area contributed by atoms with E-state index in [9.17, 15) is 8.42 Å². The molecule has 8 nitrogen and oxygen atoms in total. The van der Waals surface area contributed by atoms with Crippen molar-refractivity contribution in [1.82, 2.24) is 19.4 Å². The molecule has 1 saturated carbocycles. The third kappa shape index (κ3) is 2.62. The molecule has 0 spiro atoms. The highest BCUT2D eigenvalue weighted by Crippen LogP contribution is 2.40. The lowest BCUT2D eigenvalue weighted by Gasteiger charge is -2.22. The third-order valence-electron chi connectivity index (χ3n) is 5.49. The van der Waals surface area contributed by atoms with E-state index < -0.39 is 10.0 Å². The van der Waals surface area contributed by atoms with E-state index in [0.717, 1.165) is 24.6 Å². The Bertz CT molecular complexity index is 867. The molecule has 0 N–H and O–H groups in total. The zero-order valence-electron chi connectivity index (χ0n) is 13.7. The lowest BCUT2D eigenvalue weighted by Crippen LogP contribution is -2.33. The topological polar surface area (TPSA) is 92.4 Å². The summed E-state index contributed by atoms with van der Waals surface area (Å²) in [6.07, 6.45) is 6.54. The van der Waals surface area contributed by atoms with E-state index >= 15 is 0 Å². The standard InChI is InChI=1S/C16H19N5O3S/c22-25(23,14-4-19-24-9-14)21-7-12-5-20(6-13(12)8-21)16-3-15(11-1-2-11)17-10-18-16/h3-4,9-13H,1-2,5-8H2. The summed E-state index contributed by atoms with van der Waals surface area (Å²) >= 11 is 0.